The molecule has 1 saturated heterocycles. The number of esters is 1. The highest BCUT2D eigenvalue weighted by molar-refractivity contribution is 5.94. The number of benzene rings is 2. The minimum atomic E-state index is -0.590. The zero-order valence-electron chi connectivity index (χ0n) is 13.7. The molecule has 0 aromatic heterocycles. The monoisotopic (exact) mass is 341 g/mol. The first-order valence-electron chi connectivity index (χ1n) is 8.08. The lowest BCUT2D eigenvalue weighted by Crippen LogP contribution is -2.42. The number of nitrogens with zero attached hydrogens (tertiary/aromatic N) is 1. The van der Waals surface area contributed by atoms with E-state index in [9.17, 15) is 9.59 Å². The maximum atomic E-state index is 12.3. The number of carbonyl (C=O) groups excluding carboxylic acids is 2. The van der Waals surface area contributed by atoms with Crippen molar-refractivity contribution in [3.05, 3.63) is 60.2 Å². The molecule has 3 rings (SSSR count). The van der Waals surface area contributed by atoms with E-state index in [1.165, 1.54) is 0 Å². The van der Waals surface area contributed by atoms with E-state index < -0.39 is 5.97 Å². The molecule has 0 spiro atoms. The van der Waals surface area contributed by atoms with E-state index in [1.807, 2.05) is 18.2 Å². The summed E-state index contributed by atoms with van der Waals surface area (Å²) in [5, 5.41) is 0. The maximum absolute atomic E-state index is 12.3. The molecule has 2 aromatic rings. The van der Waals surface area contributed by atoms with Gasteiger partial charge in [-0.25, -0.2) is 4.79 Å². The summed E-state index contributed by atoms with van der Waals surface area (Å²) in [7, 11) is 0. The molecule has 0 N–H and O–H groups in total. The van der Waals surface area contributed by atoms with Gasteiger partial charge in [-0.3, -0.25) is 4.79 Å². The van der Waals surface area contributed by atoms with E-state index in [4.69, 9.17) is 14.2 Å². The van der Waals surface area contributed by atoms with Crippen LogP contribution in [0.5, 0.6) is 11.5 Å². The fraction of sp³-hybridized carbons (Fsp3) is 0.263. The van der Waals surface area contributed by atoms with E-state index in [0.29, 0.717) is 37.8 Å². The Hall–Kier alpha value is -2.86. The van der Waals surface area contributed by atoms with Gasteiger partial charge in [0.05, 0.1) is 13.2 Å². The number of carbonyl (C=O) groups is 2. The second-order valence-corrected chi connectivity index (χ2v) is 5.48. The first kappa shape index (κ1) is 17.0. The van der Waals surface area contributed by atoms with E-state index in [2.05, 4.69) is 0 Å². The third-order valence-corrected chi connectivity index (χ3v) is 3.77. The zero-order chi connectivity index (χ0) is 17.5. The number of amides is 1. The summed E-state index contributed by atoms with van der Waals surface area (Å²) in [6, 6.07) is 16.0. The van der Waals surface area contributed by atoms with Crippen LogP contribution >= 0.6 is 0 Å². The SMILES string of the molecule is O=C(OCC(=O)N1CCOCC1)c1ccccc1Oc1ccccc1. The summed E-state index contributed by atoms with van der Waals surface area (Å²) in [5.74, 6) is 0.191. The third kappa shape index (κ3) is 4.58. The Morgan fingerprint density at radius 1 is 0.960 bits per heavy atom. The average molecular weight is 341 g/mol. The molecule has 2 aromatic carbocycles. The number of hydrogen-bond acceptors (Lipinski definition) is 5. The molecule has 0 aliphatic carbocycles. The van der Waals surface area contributed by atoms with Gasteiger partial charge >= 0.3 is 5.97 Å². The van der Waals surface area contributed by atoms with Gasteiger partial charge in [0.1, 0.15) is 17.1 Å². The highest BCUT2D eigenvalue weighted by Gasteiger charge is 2.20. The van der Waals surface area contributed by atoms with Crippen LogP contribution in [-0.2, 0) is 14.3 Å². The number of morpholine rings is 1. The van der Waals surface area contributed by atoms with Gasteiger partial charge in [0, 0.05) is 13.1 Å². The van der Waals surface area contributed by atoms with Crippen molar-refractivity contribution in [2.45, 2.75) is 0 Å². The Labute approximate surface area is 145 Å². The van der Waals surface area contributed by atoms with Crippen LogP contribution in [0.2, 0.25) is 0 Å². The lowest BCUT2D eigenvalue weighted by molar-refractivity contribution is -0.138. The van der Waals surface area contributed by atoms with Crippen molar-refractivity contribution in [3.8, 4) is 11.5 Å². The lowest BCUT2D eigenvalue weighted by Gasteiger charge is -2.26. The normalized spacial score (nSPS) is 14.0. The molecule has 1 fully saturated rings. The number of para-hydroxylation sites is 2. The van der Waals surface area contributed by atoms with Gasteiger partial charge < -0.3 is 19.1 Å². The molecule has 6 heteroatoms. The van der Waals surface area contributed by atoms with Gasteiger partial charge in [0.15, 0.2) is 6.61 Å². The van der Waals surface area contributed by atoms with Crippen LogP contribution in [0.4, 0.5) is 0 Å². The number of ether oxygens (including phenoxy) is 3. The summed E-state index contributed by atoms with van der Waals surface area (Å²) >= 11 is 0. The summed E-state index contributed by atoms with van der Waals surface area (Å²) in [4.78, 5) is 26.0. The van der Waals surface area contributed by atoms with Crippen LogP contribution in [0, 0.1) is 0 Å². The first-order valence-corrected chi connectivity index (χ1v) is 8.08. The standard InChI is InChI=1S/C19H19NO5/c21-18(20-10-12-23-13-11-20)14-24-19(22)16-8-4-5-9-17(16)25-15-6-2-1-3-7-15/h1-9H,10-14H2. The van der Waals surface area contributed by atoms with Gasteiger partial charge in [-0.2, -0.15) is 0 Å². The van der Waals surface area contributed by atoms with Crippen molar-refractivity contribution in [1.82, 2.24) is 4.90 Å². The zero-order valence-corrected chi connectivity index (χ0v) is 13.7. The highest BCUT2D eigenvalue weighted by atomic mass is 16.5. The molecule has 0 unspecified atom stereocenters. The molecular weight excluding hydrogens is 322 g/mol. The fourth-order valence-corrected chi connectivity index (χ4v) is 2.45. The lowest BCUT2D eigenvalue weighted by atomic mass is 10.2. The molecule has 0 bridgehead atoms. The molecule has 0 atom stereocenters. The summed E-state index contributed by atoms with van der Waals surface area (Å²) in [6.07, 6.45) is 0. The van der Waals surface area contributed by atoms with Gasteiger partial charge in [-0.1, -0.05) is 30.3 Å². The topological polar surface area (TPSA) is 65.1 Å². The van der Waals surface area contributed by atoms with E-state index in [0.717, 1.165) is 0 Å². The van der Waals surface area contributed by atoms with Crippen LogP contribution in [0.3, 0.4) is 0 Å². The Kier molecular flexibility index (Phi) is 5.64. The van der Waals surface area contributed by atoms with Crippen LogP contribution < -0.4 is 4.74 Å². The molecule has 130 valence electrons. The van der Waals surface area contributed by atoms with Crippen molar-refractivity contribution in [1.29, 1.82) is 0 Å². The number of rotatable bonds is 5. The Balaban J connectivity index is 1.63. The third-order valence-electron chi connectivity index (χ3n) is 3.77. The average Bonchev–Trinajstić information content (AvgIpc) is 2.68. The summed E-state index contributed by atoms with van der Waals surface area (Å²) in [6.45, 7) is 1.76. The van der Waals surface area contributed by atoms with Crippen LogP contribution in [-0.4, -0.2) is 49.7 Å². The number of hydrogen-bond donors (Lipinski definition) is 0. The van der Waals surface area contributed by atoms with Crippen molar-refractivity contribution in [2.24, 2.45) is 0 Å². The molecule has 0 saturated carbocycles. The van der Waals surface area contributed by atoms with Crippen LogP contribution in [0.1, 0.15) is 10.4 Å². The Bertz CT molecular complexity index is 726. The van der Waals surface area contributed by atoms with Crippen LogP contribution in [0.15, 0.2) is 54.6 Å². The smallest absolute Gasteiger partial charge is 0.342 e. The van der Waals surface area contributed by atoms with Gasteiger partial charge in [-0.05, 0) is 24.3 Å². The first-order chi connectivity index (χ1) is 12.2. The van der Waals surface area contributed by atoms with Crippen molar-refractivity contribution in [2.75, 3.05) is 32.9 Å². The van der Waals surface area contributed by atoms with Crippen molar-refractivity contribution in [3.63, 3.8) is 0 Å². The van der Waals surface area contributed by atoms with Gasteiger partial charge in [-0.15, -0.1) is 0 Å². The minimum Gasteiger partial charge on any atom is -0.456 e. The van der Waals surface area contributed by atoms with Gasteiger partial charge in [0.2, 0.25) is 0 Å². The maximum Gasteiger partial charge on any atom is 0.342 e. The molecule has 1 aliphatic rings. The quantitative estimate of drug-likeness (QED) is 0.782. The molecule has 6 nitrogen and oxygen atoms in total. The van der Waals surface area contributed by atoms with Crippen molar-refractivity contribution < 1.29 is 23.8 Å². The predicted molar refractivity (Wildman–Crippen MR) is 90.6 cm³/mol. The van der Waals surface area contributed by atoms with Crippen molar-refractivity contribution >= 4 is 11.9 Å². The Morgan fingerprint density at radius 2 is 1.64 bits per heavy atom. The summed E-state index contributed by atoms with van der Waals surface area (Å²) < 4.78 is 16.1. The second-order valence-electron chi connectivity index (χ2n) is 5.48. The van der Waals surface area contributed by atoms with Gasteiger partial charge in [0.25, 0.3) is 5.91 Å². The molecule has 25 heavy (non-hydrogen) atoms. The van der Waals surface area contributed by atoms with E-state index in [1.54, 1.807) is 41.3 Å². The van der Waals surface area contributed by atoms with E-state index in [-0.39, 0.29) is 18.1 Å². The summed E-state index contributed by atoms with van der Waals surface area (Å²) in [5.41, 5.74) is 0.279. The molecule has 1 aliphatic heterocycles. The minimum absolute atomic E-state index is 0.224. The predicted octanol–water partition coefficient (Wildman–Crippen LogP) is 2.49. The molecule has 0 radical (unpaired) electrons. The Morgan fingerprint density at radius 3 is 2.40 bits per heavy atom. The molecule has 1 amide bonds. The van der Waals surface area contributed by atoms with Crippen LogP contribution in [0.25, 0.3) is 0 Å². The molecular formula is C19H19NO5. The molecule has 1 heterocycles. The highest BCUT2D eigenvalue weighted by Crippen LogP contribution is 2.25. The second kappa shape index (κ2) is 8.30. The fourth-order valence-electron chi connectivity index (χ4n) is 2.45. The van der Waals surface area contributed by atoms with E-state index >= 15 is 0 Å². The largest absolute Gasteiger partial charge is 0.456 e.